The Balaban J connectivity index is 2.37. The zero-order chi connectivity index (χ0) is 11.4. The van der Waals surface area contributed by atoms with Crippen molar-refractivity contribution in [2.45, 2.75) is 6.61 Å². The van der Waals surface area contributed by atoms with Gasteiger partial charge in [0.1, 0.15) is 0 Å². The summed E-state index contributed by atoms with van der Waals surface area (Å²) < 4.78 is 0. The Hall–Kier alpha value is -1.87. The minimum atomic E-state index is 0.000344. The Morgan fingerprint density at radius 3 is 2.62 bits per heavy atom. The molecule has 0 fully saturated rings. The molecule has 2 rings (SSSR count). The average Bonchev–Trinajstić information content (AvgIpc) is 2.39. The SMILES string of the molecule is CN(c1ccccc1)c1ccncc1CO. The second-order valence-electron chi connectivity index (χ2n) is 3.56. The van der Waals surface area contributed by atoms with Gasteiger partial charge in [0.2, 0.25) is 0 Å². The van der Waals surface area contributed by atoms with Crippen LogP contribution in [-0.2, 0) is 6.61 Å². The number of hydrogen-bond donors (Lipinski definition) is 1. The number of aliphatic hydroxyl groups is 1. The van der Waals surface area contributed by atoms with Crippen LogP contribution in [-0.4, -0.2) is 17.1 Å². The van der Waals surface area contributed by atoms with Crippen molar-refractivity contribution in [3.63, 3.8) is 0 Å². The van der Waals surface area contributed by atoms with Crippen molar-refractivity contribution in [1.82, 2.24) is 4.98 Å². The molecule has 0 bridgehead atoms. The average molecular weight is 214 g/mol. The number of benzene rings is 1. The predicted octanol–water partition coefficient (Wildman–Crippen LogP) is 2.34. The molecule has 1 aromatic heterocycles. The first kappa shape index (κ1) is 10.6. The smallest absolute Gasteiger partial charge is 0.0717 e. The molecule has 0 atom stereocenters. The second kappa shape index (κ2) is 4.77. The van der Waals surface area contributed by atoms with E-state index in [4.69, 9.17) is 0 Å². The third-order valence-corrected chi connectivity index (χ3v) is 2.55. The second-order valence-corrected chi connectivity index (χ2v) is 3.56. The molecule has 1 heterocycles. The summed E-state index contributed by atoms with van der Waals surface area (Å²) in [6, 6.07) is 11.9. The fourth-order valence-electron chi connectivity index (χ4n) is 1.66. The summed E-state index contributed by atoms with van der Waals surface area (Å²) in [5.41, 5.74) is 2.89. The molecule has 0 saturated carbocycles. The van der Waals surface area contributed by atoms with Crippen LogP contribution in [0, 0.1) is 0 Å². The van der Waals surface area contributed by atoms with Crippen LogP contribution in [0.3, 0.4) is 0 Å². The molecule has 0 spiro atoms. The van der Waals surface area contributed by atoms with E-state index in [2.05, 4.69) is 4.98 Å². The van der Waals surface area contributed by atoms with Crippen LogP contribution >= 0.6 is 0 Å². The number of pyridine rings is 1. The van der Waals surface area contributed by atoms with Crippen LogP contribution < -0.4 is 4.90 Å². The maximum Gasteiger partial charge on any atom is 0.0717 e. The molecule has 0 aliphatic heterocycles. The van der Waals surface area contributed by atoms with Gasteiger partial charge in [-0.3, -0.25) is 4.98 Å². The van der Waals surface area contributed by atoms with Gasteiger partial charge in [-0.25, -0.2) is 0 Å². The van der Waals surface area contributed by atoms with E-state index in [1.54, 1.807) is 12.4 Å². The van der Waals surface area contributed by atoms with Crippen LogP contribution in [0.5, 0.6) is 0 Å². The van der Waals surface area contributed by atoms with Gasteiger partial charge in [-0.1, -0.05) is 18.2 Å². The minimum Gasteiger partial charge on any atom is -0.392 e. The molecular formula is C13H14N2O. The molecule has 16 heavy (non-hydrogen) atoms. The maximum atomic E-state index is 9.25. The molecule has 2 aromatic rings. The molecule has 0 aliphatic rings. The lowest BCUT2D eigenvalue weighted by molar-refractivity contribution is 0.282. The van der Waals surface area contributed by atoms with E-state index in [-0.39, 0.29) is 6.61 Å². The molecule has 0 amide bonds. The standard InChI is InChI=1S/C13H14N2O/c1-15(12-5-3-2-4-6-12)13-7-8-14-9-11(13)10-16/h2-9,16H,10H2,1H3. The molecule has 0 aliphatic carbocycles. The molecule has 1 aromatic carbocycles. The molecule has 0 saturated heterocycles. The van der Waals surface area contributed by atoms with Gasteiger partial charge < -0.3 is 10.0 Å². The highest BCUT2D eigenvalue weighted by atomic mass is 16.3. The van der Waals surface area contributed by atoms with E-state index in [1.165, 1.54) is 0 Å². The van der Waals surface area contributed by atoms with Crippen molar-refractivity contribution in [1.29, 1.82) is 0 Å². The van der Waals surface area contributed by atoms with Crippen LogP contribution in [0.25, 0.3) is 0 Å². The molecule has 82 valence electrons. The number of para-hydroxylation sites is 1. The van der Waals surface area contributed by atoms with Gasteiger partial charge in [0.15, 0.2) is 0 Å². The topological polar surface area (TPSA) is 36.4 Å². The van der Waals surface area contributed by atoms with Gasteiger partial charge in [-0.15, -0.1) is 0 Å². The highest BCUT2D eigenvalue weighted by Crippen LogP contribution is 2.25. The van der Waals surface area contributed by atoms with E-state index in [9.17, 15) is 5.11 Å². The van der Waals surface area contributed by atoms with Gasteiger partial charge in [0.05, 0.1) is 6.61 Å². The van der Waals surface area contributed by atoms with Crippen molar-refractivity contribution in [3.8, 4) is 0 Å². The van der Waals surface area contributed by atoms with Crippen molar-refractivity contribution < 1.29 is 5.11 Å². The highest BCUT2D eigenvalue weighted by Gasteiger charge is 2.07. The normalized spacial score (nSPS) is 10.1. The number of anilines is 2. The van der Waals surface area contributed by atoms with E-state index in [0.717, 1.165) is 16.9 Å². The van der Waals surface area contributed by atoms with Crippen LogP contribution in [0.15, 0.2) is 48.8 Å². The summed E-state index contributed by atoms with van der Waals surface area (Å²) in [6.45, 7) is 0.000344. The van der Waals surface area contributed by atoms with Crippen molar-refractivity contribution >= 4 is 11.4 Å². The highest BCUT2D eigenvalue weighted by molar-refractivity contribution is 5.64. The number of hydrogen-bond acceptors (Lipinski definition) is 3. The van der Waals surface area contributed by atoms with Crippen LogP contribution in [0.1, 0.15) is 5.56 Å². The van der Waals surface area contributed by atoms with E-state index in [1.807, 2.05) is 48.3 Å². The van der Waals surface area contributed by atoms with Gasteiger partial charge in [0, 0.05) is 36.4 Å². The van der Waals surface area contributed by atoms with Gasteiger partial charge in [-0.05, 0) is 18.2 Å². The first-order valence-electron chi connectivity index (χ1n) is 5.15. The summed E-state index contributed by atoms with van der Waals surface area (Å²) in [5.74, 6) is 0. The first-order chi connectivity index (χ1) is 7.83. The fourth-order valence-corrected chi connectivity index (χ4v) is 1.66. The van der Waals surface area contributed by atoms with Crippen molar-refractivity contribution in [3.05, 3.63) is 54.4 Å². The van der Waals surface area contributed by atoms with Crippen molar-refractivity contribution in [2.24, 2.45) is 0 Å². The van der Waals surface area contributed by atoms with E-state index < -0.39 is 0 Å². The van der Waals surface area contributed by atoms with Gasteiger partial charge >= 0.3 is 0 Å². The maximum absolute atomic E-state index is 9.25. The van der Waals surface area contributed by atoms with Crippen LogP contribution in [0.4, 0.5) is 11.4 Å². The number of rotatable bonds is 3. The monoisotopic (exact) mass is 214 g/mol. The summed E-state index contributed by atoms with van der Waals surface area (Å²) in [5, 5.41) is 9.25. The van der Waals surface area contributed by atoms with Crippen molar-refractivity contribution in [2.75, 3.05) is 11.9 Å². The van der Waals surface area contributed by atoms with E-state index >= 15 is 0 Å². The quantitative estimate of drug-likeness (QED) is 0.852. The fraction of sp³-hybridized carbons (Fsp3) is 0.154. The summed E-state index contributed by atoms with van der Waals surface area (Å²) in [4.78, 5) is 6.04. The lowest BCUT2D eigenvalue weighted by Gasteiger charge is -2.21. The Kier molecular flexibility index (Phi) is 3.17. The molecular weight excluding hydrogens is 200 g/mol. The van der Waals surface area contributed by atoms with E-state index in [0.29, 0.717) is 0 Å². The number of aliphatic hydroxyl groups excluding tert-OH is 1. The summed E-state index contributed by atoms with van der Waals surface area (Å²) in [7, 11) is 1.98. The third-order valence-electron chi connectivity index (χ3n) is 2.55. The Morgan fingerprint density at radius 1 is 1.19 bits per heavy atom. The number of nitrogens with zero attached hydrogens (tertiary/aromatic N) is 2. The lowest BCUT2D eigenvalue weighted by atomic mass is 10.2. The Morgan fingerprint density at radius 2 is 1.94 bits per heavy atom. The lowest BCUT2D eigenvalue weighted by Crippen LogP contribution is -2.11. The Bertz CT molecular complexity index is 456. The third kappa shape index (κ3) is 2.04. The first-order valence-corrected chi connectivity index (χ1v) is 5.15. The molecule has 0 unspecified atom stereocenters. The van der Waals surface area contributed by atoms with Crippen LogP contribution in [0.2, 0.25) is 0 Å². The zero-order valence-electron chi connectivity index (χ0n) is 9.17. The van der Waals surface area contributed by atoms with Gasteiger partial charge in [-0.2, -0.15) is 0 Å². The zero-order valence-corrected chi connectivity index (χ0v) is 9.17. The molecule has 3 heteroatoms. The van der Waals surface area contributed by atoms with Gasteiger partial charge in [0.25, 0.3) is 0 Å². The largest absolute Gasteiger partial charge is 0.392 e. The Labute approximate surface area is 95.0 Å². The predicted molar refractivity (Wildman–Crippen MR) is 64.7 cm³/mol. The molecule has 1 N–H and O–H groups in total. The summed E-state index contributed by atoms with van der Waals surface area (Å²) in [6.07, 6.45) is 3.42. The molecule has 3 nitrogen and oxygen atoms in total. The summed E-state index contributed by atoms with van der Waals surface area (Å²) >= 11 is 0. The number of aromatic nitrogens is 1. The minimum absolute atomic E-state index is 0.000344. The molecule has 0 radical (unpaired) electrons.